The molecule has 1 unspecified atom stereocenters. The Labute approximate surface area is 206 Å². The predicted octanol–water partition coefficient (Wildman–Crippen LogP) is 2.02. The molecule has 3 amide bonds. The van der Waals surface area contributed by atoms with Crippen LogP contribution in [0.3, 0.4) is 0 Å². The average molecular weight is 489 g/mol. The molecular weight excluding hydrogens is 452 g/mol. The molecule has 1 aromatic carbocycles. The van der Waals surface area contributed by atoms with E-state index in [1.54, 1.807) is 46.4 Å². The number of carbonyl (C=O) groups is 3. The minimum Gasteiger partial charge on any atom is -0.497 e. The Morgan fingerprint density at radius 2 is 1.66 bits per heavy atom. The molecule has 3 rings (SSSR count). The van der Waals surface area contributed by atoms with E-state index in [9.17, 15) is 14.4 Å². The lowest BCUT2D eigenvalue weighted by Crippen LogP contribution is -2.53. The van der Waals surface area contributed by atoms with E-state index in [1.165, 1.54) is 4.90 Å². The number of methoxy groups -OCH3 is 2. The van der Waals surface area contributed by atoms with E-state index in [0.29, 0.717) is 61.1 Å². The van der Waals surface area contributed by atoms with Crippen molar-refractivity contribution in [2.24, 2.45) is 5.92 Å². The lowest BCUT2D eigenvalue weighted by molar-refractivity contribution is -0.139. The minimum atomic E-state index is -0.736. The topological polar surface area (TPSA) is 101 Å². The fourth-order valence-corrected chi connectivity index (χ4v) is 4.35. The molecule has 1 saturated heterocycles. The van der Waals surface area contributed by atoms with Gasteiger partial charge in [-0.1, -0.05) is 13.8 Å². The van der Waals surface area contributed by atoms with Gasteiger partial charge in [0.25, 0.3) is 0 Å². The molecule has 0 radical (unpaired) electrons. The first-order chi connectivity index (χ1) is 16.7. The summed E-state index contributed by atoms with van der Waals surface area (Å²) in [5.41, 5.74) is 1.59. The molecule has 0 saturated carbocycles. The van der Waals surface area contributed by atoms with Crippen LogP contribution >= 0.6 is 0 Å². The molecule has 1 atom stereocenters. The molecule has 0 spiro atoms. The van der Waals surface area contributed by atoms with E-state index >= 15 is 0 Å². The summed E-state index contributed by atoms with van der Waals surface area (Å²) in [6.07, 6.45) is 0. The maximum Gasteiger partial charge on any atom is 0.338 e. The summed E-state index contributed by atoms with van der Waals surface area (Å²) in [7, 11) is 4.73. The van der Waals surface area contributed by atoms with Gasteiger partial charge in [-0.2, -0.15) is 0 Å². The number of ether oxygens (including phenoxy) is 3. The SMILES string of the molecule is CCOC(=O)C1=C(CN2CCN(C(=O)C(C)C)CC2)N(C)C(=O)NC1c1cc(OC)cc(OC)c1. The van der Waals surface area contributed by atoms with Gasteiger partial charge < -0.3 is 24.4 Å². The fraction of sp³-hybridized carbons (Fsp3) is 0.560. The number of hydrogen-bond donors (Lipinski definition) is 1. The van der Waals surface area contributed by atoms with Crippen LogP contribution in [0.1, 0.15) is 32.4 Å². The van der Waals surface area contributed by atoms with Crippen molar-refractivity contribution in [2.75, 3.05) is 60.6 Å². The molecule has 192 valence electrons. The van der Waals surface area contributed by atoms with E-state index in [1.807, 2.05) is 18.7 Å². The van der Waals surface area contributed by atoms with Gasteiger partial charge in [-0.25, -0.2) is 9.59 Å². The Bertz CT molecular complexity index is 962. The molecule has 0 aliphatic carbocycles. The number of urea groups is 1. The molecule has 0 bridgehead atoms. The van der Waals surface area contributed by atoms with E-state index in [0.717, 1.165) is 0 Å². The van der Waals surface area contributed by atoms with Crippen LogP contribution in [0.15, 0.2) is 29.5 Å². The molecule has 2 aliphatic heterocycles. The first-order valence-corrected chi connectivity index (χ1v) is 11.9. The molecule has 1 N–H and O–H groups in total. The summed E-state index contributed by atoms with van der Waals surface area (Å²) >= 11 is 0. The fourth-order valence-electron chi connectivity index (χ4n) is 4.35. The van der Waals surface area contributed by atoms with Crippen molar-refractivity contribution in [1.82, 2.24) is 20.0 Å². The van der Waals surface area contributed by atoms with Crippen LogP contribution in [-0.4, -0.2) is 93.2 Å². The van der Waals surface area contributed by atoms with Crippen LogP contribution < -0.4 is 14.8 Å². The van der Waals surface area contributed by atoms with Gasteiger partial charge in [-0.05, 0) is 24.6 Å². The van der Waals surface area contributed by atoms with Gasteiger partial charge >= 0.3 is 12.0 Å². The Morgan fingerprint density at radius 1 is 1.06 bits per heavy atom. The Hall–Kier alpha value is -3.27. The maximum absolute atomic E-state index is 13.2. The first-order valence-electron chi connectivity index (χ1n) is 11.9. The second kappa shape index (κ2) is 11.4. The number of carbonyl (C=O) groups excluding carboxylic acids is 3. The standard InChI is InChI=1S/C25H36N4O6/c1-7-35-24(31)21-20(15-28-8-10-29(11-9-28)23(30)16(2)3)27(4)25(32)26-22(21)17-12-18(33-5)14-19(13-17)34-6/h12-14,16,22H,7-11,15H2,1-6H3,(H,26,32). The third-order valence-electron chi connectivity index (χ3n) is 6.33. The Balaban J connectivity index is 1.97. The van der Waals surface area contributed by atoms with Crippen LogP contribution in [0, 0.1) is 5.92 Å². The molecule has 1 aromatic rings. The second-order valence-electron chi connectivity index (χ2n) is 8.92. The molecule has 10 heteroatoms. The third kappa shape index (κ3) is 5.87. The molecule has 10 nitrogen and oxygen atoms in total. The van der Waals surface area contributed by atoms with Crippen LogP contribution in [0.5, 0.6) is 11.5 Å². The van der Waals surface area contributed by atoms with Crippen LogP contribution in [0.4, 0.5) is 4.79 Å². The average Bonchev–Trinajstić information content (AvgIpc) is 2.86. The van der Waals surface area contributed by atoms with E-state index in [4.69, 9.17) is 14.2 Å². The summed E-state index contributed by atoms with van der Waals surface area (Å²) in [5.74, 6) is 0.687. The maximum atomic E-state index is 13.2. The number of rotatable bonds is 8. The van der Waals surface area contributed by atoms with Gasteiger partial charge in [-0.15, -0.1) is 0 Å². The highest BCUT2D eigenvalue weighted by Gasteiger charge is 2.38. The zero-order chi connectivity index (χ0) is 25.7. The van der Waals surface area contributed by atoms with E-state index in [-0.39, 0.29) is 24.5 Å². The van der Waals surface area contributed by atoms with Crippen molar-refractivity contribution in [3.05, 3.63) is 35.0 Å². The summed E-state index contributed by atoms with van der Waals surface area (Å²) in [4.78, 5) is 44.0. The lowest BCUT2D eigenvalue weighted by Gasteiger charge is -2.40. The number of likely N-dealkylation sites (N-methyl/N-ethyl adjacent to an activating group) is 1. The third-order valence-corrected chi connectivity index (χ3v) is 6.33. The van der Waals surface area contributed by atoms with Gasteiger partial charge in [-0.3, -0.25) is 14.6 Å². The van der Waals surface area contributed by atoms with Gasteiger partial charge in [0.05, 0.1) is 32.4 Å². The number of hydrogen-bond acceptors (Lipinski definition) is 7. The molecule has 35 heavy (non-hydrogen) atoms. The summed E-state index contributed by atoms with van der Waals surface area (Å²) in [6.45, 7) is 8.62. The largest absolute Gasteiger partial charge is 0.497 e. The van der Waals surface area contributed by atoms with Crippen molar-refractivity contribution in [3.63, 3.8) is 0 Å². The molecular formula is C25H36N4O6. The van der Waals surface area contributed by atoms with Crippen molar-refractivity contribution in [1.29, 1.82) is 0 Å². The number of benzene rings is 1. The number of esters is 1. The number of nitrogens with zero attached hydrogens (tertiary/aromatic N) is 3. The summed E-state index contributed by atoms with van der Waals surface area (Å²) < 4.78 is 16.2. The van der Waals surface area contributed by atoms with Crippen LogP contribution in [0.2, 0.25) is 0 Å². The molecule has 1 fully saturated rings. The predicted molar refractivity (Wildman–Crippen MR) is 130 cm³/mol. The van der Waals surface area contributed by atoms with E-state index < -0.39 is 12.0 Å². The molecule has 2 aliphatic rings. The van der Waals surface area contributed by atoms with Gasteiger partial charge in [0, 0.05) is 57.5 Å². The monoisotopic (exact) mass is 488 g/mol. The van der Waals surface area contributed by atoms with Gasteiger partial charge in [0.1, 0.15) is 11.5 Å². The second-order valence-corrected chi connectivity index (χ2v) is 8.92. The highest BCUT2D eigenvalue weighted by molar-refractivity contribution is 5.95. The highest BCUT2D eigenvalue weighted by atomic mass is 16.5. The first kappa shape index (κ1) is 26.3. The highest BCUT2D eigenvalue weighted by Crippen LogP contribution is 2.35. The van der Waals surface area contributed by atoms with Gasteiger partial charge in [0.2, 0.25) is 5.91 Å². The van der Waals surface area contributed by atoms with Crippen LogP contribution in [-0.2, 0) is 14.3 Å². The van der Waals surface area contributed by atoms with Crippen molar-refractivity contribution in [2.45, 2.75) is 26.8 Å². The van der Waals surface area contributed by atoms with E-state index in [2.05, 4.69) is 10.2 Å². The molecule has 0 aromatic heterocycles. The lowest BCUT2D eigenvalue weighted by atomic mass is 9.93. The van der Waals surface area contributed by atoms with Crippen LogP contribution in [0.25, 0.3) is 0 Å². The number of nitrogens with one attached hydrogen (secondary N) is 1. The zero-order valence-electron chi connectivity index (χ0n) is 21.4. The number of amides is 3. The quantitative estimate of drug-likeness (QED) is 0.559. The smallest absolute Gasteiger partial charge is 0.338 e. The Morgan fingerprint density at radius 3 is 2.17 bits per heavy atom. The molecule has 2 heterocycles. The van der Waals surface area contributed by atoms with Crippen molar-refractivity contribution < 1.29 is 28.6 Å². The van der Waals surface area contributed by atoms with Crippen molar-refractivity contribution in [3.8, 4) is 11.5 Å². The van der Waals surface area contributed by atoms with Gasteiger partial charge in [0.15, 0.2) is 0 Å². The number of piperazine rings is 1. The normalized spacial score (nSPS) is 19.1. The minimum absolute atomic E-state index is 0.0477. The Kier molecular flexibility index (Phi) is 8.61. The zero-order valence-corrected chi connectivity index (χ0v) is 21.4. The summed E-state index contributed by atoms with van der Waals surface area (Å²) in [6, 6.07) is 4.21. The summed E-state index contributed by atoms with van der Waals surface area (Å²) in [5, 5.41) is 2.92. The van der Waals surface area contributed by atoms with Crippen molar-refractivity contribution >= 4 is 17.9 Å².